The maximum Gasteiger partial charge on any atom is 0.251 e. The van der Waals surface area contributed by atoms with E-state index >= 15 is 8.78 Å². The van der Waals surface area contributed by atoms with Gasteiger partial charge in [0.25, 0.3) is 5.91 Å². The maximum absolute atomic E-state index is 15.3. The Hall–Kier alpha value is -3.80. The van der Waals surface area contributed by atoms with Gasteiger partial charge in [-0.25, -0.2) is 13.8 Å². The number of hydrogen-bond acceptors (Lipinski definition) is 6. The van der Waals surface area contributed by atoms with Crippen LogP contribution in [0.1, 0.15) is 60.3 Å². The summed E-state index contributed by atoms with van der Waals surface area (Å²) in [4.78, 5) is 30.5. The summed E-state index contributed by atoms with van der Waals surface area (Å²) in [6, 6.07) is 7.08. The second-order valence-corrected chi connectivity index (χ2v) is 12.9. The molecule has 3 aliphatic rings. The normalized spacial score (nSPS) is 20.7. The van der Waals surface area contributed by atoms with Gasteiger partial charge in [-0.15, -0.1) is 0 Å². The number of primary amides is 1. The minimum Gasteiger partial charge on any atom is -0.489 e. The molecular formula is C31H27Cl2F2N5O4. The Labute approximate surface area is 260 Å². The van der Waals surface area contributed by atoms with Crippen LogP contribution in [-0.4, -0.2) is 44.8 Å². The van der Waals surface area contributed by atoms with Crippen molar-refractivity contribution in [3.63, 3.8) is 0 Å². The fourth-order valence-corrected chi connectivity index (χ4v) is 6.24. The van der Waals surface area contributed by atoms with E-state index in [9.17, 15) is 14.7 Å². The molecule has 2 aromatic carbocycles. The van der Waals surface area contributed by atoms with E-state index in [1.807, 2.05) is 10.9 Å². The topological polar surface area (TPSA) is 132 Å². The number of carbonyl (C=O) groups is 2. The molecule has 228 valence electrons. The molecule has 2 atom stereocenters. The van der Waals surface area contributed by atoms with Crippen LogP contribution >= 0.6 is 23.2 Å². The number of pyridine rings is 1. The van der Waals surface area contributed by atoms with Crippen LogP contribution in [0.15, 0.2) is 36.5 Å². The molecule has 1 unspecified atom stereocenters. The lowest BCUT2D eigenvalue weighted by atomic mass is 9.81. The van der Waals surface area contributed by atoms with Crippen molar-refractivity contribution >= 4 is 45.9 Å². The van der Waals surface area contributed by atoms with Crippen molar-refractivity contribution in [1.82, 2.24) is 20.1 Å². The summed E-state index contributed by atoms with van der Waals surface area (Å²) in [6.07, 6.45) is 5.17. The first-order chi connectivity index (χ1) is 20.9. The Morgan fingerprint density at radius 3 is 2.61 bits per heavy atom. The quantitative estimate of drug-likeness (QED) is 0.227. The van der Waals surface area contributed by atoms with Crippen LogP contribution in [0.4, 0.5) is 8.78 Å². The van der Waals surface area contributed by atoms with Gasteiger partial charge in [0.15, 0.2) is 5.82 Å². The first-order valence-corrected chi connectivity index (χ1v) is 15.0. The number of hydrogen-bond donors (Lipinski definition) is 3. The molecule has 4 N–H and O–H groups in total. The van der Waals surface area contributed by atoms with Crippen molar-refractivity contribution in [3.05, 3.63) is 75.0 Å². The number of amides is 2. The molecule has 2 aliphatic carbocycles. The second-order valence-electron chi connectivity index (χ2n) is 12.1. The Kier molecular flexibility index (Phi) is 6.65. The van der Waals surface area contributed by atoms with E-state index in [1.165, 1.54) is 12.1 Å². The Morgan fingerprint density at radius 2 is 1.93 bits per heavy atom. The van der Waals surface area contributed by atoms with Crippen LogP contribution in [-0.2, 0) is 15.8 Å². The molecule has 2 amide bonds. The third kappa shape index (κ3) is 4.60. The molecule has 0 bridgehead atoms. The van der Waals surface area contributed by atoms with E-state index in [0.717, 1.165) is 25.0 Å². The number of rotatable bonds is 8. The molecule has 3 heterocycles. The van der Waals surface area contributed by atoms with Gasteiger partial charge in [-0.1, -0.05) is 23.2 Å². The predicted molar refractivity (Wildman–Crippen MR) is 159 cm³/mol. The van der Waals surface area contributed by atoms with Gasteiger partial charge >= 0.3 is 0 Å². The van der Waals surface area contributed by atoms with Crippen LogP contribution < -0.4 is 15.8 Å². The average molecular weight is 642 g/mol. The van der Waals surface area contributed by atoms with Crippen molar-refractivity contribution in [2.45, 2.75) is 49.7 Å². The van der Waals surface area contributed by atoms with Crippen molar-refractivity contribution in [2.24, 2.45) is 11.7 Å². The summed E-state index contributed by atoms with van der Waals surface area (Å²) in [7, 11) is 0. The van der Waals surface area contributed by atoms with Gasteiger partial charge in [-0.2, -0.15) is 5.10 Å². The van der Waals surface area contributed by atoms with E-state index in [1.54, 1.807) is 13.0 Å². The van der Waals surface area contributed by atoms with Crippen LogP contribution in [0.2, 0.25) is 10.0 Å². The standard InChI is InChI=1S/C31H27Cl2F2N5O4/c1-30(29(36)42)13-44-27-18(30)10-22(38-26(27)23-21(34)7-6-19(32)24(23)35)31(43,16-2-3-16)12-37-28(41)14-8-15-11-40(17-4-5-17)39-25(15)20(33)9-14/h6-11,16-17,43H,2-5,12-13H2,1H3,(H2,36,42)(H,37,41)/t30-,31?/m0/s1. The van der Waals surface area contributed by atoms with Gasteiger partial charge in [-0.05, 0) is 68.9 Å². The van der Waals surface area contributed by atoms with Crippen LogP contribution in [0.25, 0.3) is 22.2 Å². The Morgan fingerprint density at radius 1 is 1.18 bits per heavy atom. The van der Waals surface area contributed by atoms with Crippen molar-refractivity contribution < 1.29 is 28.2 Å². The van der Waals surface area contributed by atoms with E-state index < -0.39 is 40.0 Å². The van der Waals surface area contributed by atoms with Crippen LogP contribution in [0.5, 0.6) is 5.75 Å². The largest absolute Gasteiger partial charge is 0.489 e. The second kappa shape index (κ2) is 10.1. The molecule has 44 heavy (non-hydrogen) atoms. The van der Waals surface area contributed by atoms with E-state index in [2.05, 4.69) is 15.4 Å². The van der Waals surface area contributed by atoms with Crippen molar-refractivity contribution in [2.75, 3.05) is 13.2 Å². The third-order valence-electron chi connectivity index (χ3n) is 8.87. The van der Waals surface area contributed by atoms with Crippen molar-refractivity contribution in [1.29, 1.82) is 0 Å². The van der Waals surface area contributed by atoms with Gasteiger partial charge in [0, 0.05) is 22.7 Å². The molecule has 2 saturated carbocycles. The lowest BCUT2D eigenvalue weighted by molar-refractivity contribution is -0.123. The Balaban J connectivity index is 1.28. The third-order valence-corrected chi connectivity index (χ3v) is 9.45. The highest BCUT2D eigenvalue weighted by Gasteiger charge is 2.50. The minimum atomic E-state index is -1.77. The van der Waals surface area contributed by atoms with Gasteiger partial charge in [-0.3, -0.25) is 14.3 Å². The molecule has 7 rings (SSSR count). The summed E-state index contributed by atoms with van der Waals surface area (Å²) in [6.45, 7) is 1.06. The van der Waals surface area contributed by atoms with Gasteiger partial charge in [0.2, 0.25) is 5.91 Å². The number of carbonyl (C=O) groups excluding carboxylic acids is 2. The van der Waals surface area contributed by atoms with Gasteiger partial charge in [0.05, 0.1) is 33.9 Å². The average Bonchev–Trinajstić information content (AvgIpc) is 3.94. The highest BCUT2D eigenvalue weighted by molar-refractivity contribution is 6.35. The maximum atomic E-state index is 15.3. The molecule has 2 fully saturated rings. The van der Waals surface area contributed by atoms with Gasteiger partial charge in [0.1, 0.15) is 40.4 Å². The van der Waals surface area contributed by atoms with E-state index in [-0.39, 0.29) is 52.4 Å². The smallest absolute Gasteiger partial charge is 0.251 e. The molecule has 4 aromatic rings. The number of nitrogens with zero attached hydrogens (tertiary/aromatic N) is 3. The zero-order valence-corrected chi connectivity index (χ0v) is 25.0. The number of nitrogens with one attached hydrogen (secondary N) is 1. The fourth-order valence-electron chi connectivity index (χ4n) is 5.81. The number of halogens is 4. The van der Waals surface area contributed by atoms with Gasteiger partial charge < -0.3 is 20.9 Å². The number of nitrogens with two attached hydrogens (primary N) is 1. The SMILES string of the molecule is C[C@]1(C(N)=O)COc2c1cc(C(O)(CNC(=O)c1cc(Cl)c3nn(C4CC4)cc3c1)C1CC1)nc2-c1c(F)ccc(Cl)c1F. The molecule has 13 heteroatoms. The first kappa shape index (κ1) is 28.9. The highest BCUT2D eigenvalue weighted by atomic mass is 35.5. The molecule has 0 spiro atoms. The molecule has 0 saturated heterocycles. The van der Waals surface area contributed by atoms with Crippen LogP contribution in [0.3, 0.4) is 0 Å². The summed E-state index contributed by atoms with van der Waals surface area (Å²) in [5.74, 6) is -3.63. The minimum absolute atomic E-state index is 0.00462. The lowest BCUT2D eigenvalue weighted by Gasteiger charge is -2.30. The number of aliphatic hydroxyl groups is 1. The lowest BCUT2D eigenvalue weighted by Crippen LogP contribution is -2.44. The molecular weight excluding hydrogens is 615 g/mol. The Bertz CT molecular complexity index is 1890. The number of aromatic nitrogens is 3. The van der Waals surface area contributed by atoms with E-state index in [0.29, 0.717) is 34.8 Å². The molecule has 1 aliphatic heterocycles. The zero-order chi connectivity index (χ0) is 31.1. The summed E-state index contributed by atoms with van der Waals surface area (Å²) in [5.41, 5.74) is 2.86. The summed E-state index contributed by atoms with van der Waals surface area (Å²) >= 11 is 12.5. The monoisotopic (exact) mass is 641 g/mol. The number of ether oxygens (including phenoxy) is 1. The first-order valence-electron chi connectivity index (χ1n) is 14.2. The van der Waals surface area contributed by atoms with E-state index in [4.69, 9.17) is 33.7 Å². The highest BCUT2D eigenvalue weighted by Crippen LogP contribution is 2.50. The summed E-state index contributed by atoms with van der Waals surface area (Å²) < 4.78 is 38.1. The molecule has 2 aromatic heterocycles. The fraction of sp³-hybridized carbons (Fsp3) is 0.355. The summed E-state index contributed by atoms with van der Waals surface area (Å²) in [5, 5.41) is 20.2. The number of benzene rings is 2. The van der Waals surface area contributed by atoms with Crippen molar-refractivity contribution in [3.8, 4) is 17.0 Å². The molecule has 0 radical (unpaired) electrons. The predicted octanol–water partition coefficient (Wildman–Crippen LogP) is 5.18. The van der Waals surface area contributed by atoms with Crippen LogP contribution in [0, 0.1) is 17.6 Å². The molecule has 9 nitrogen and oxygen atoms in total. The zero-order valence-electron chi connectivity index (χ0n) is 23.5. The number of fused-ring (bicyclic) bond motifs is 2.